The number of rotatable bonds is 5. The molecule has 1 unspecified atom stereocenters. The van der Waals surface area contributed by atoms with Gasteiger partial charge >= 0.3 is 0 Å². The molecule has 0 bridgehead atoms. The molecule has 1 saturated heterocycles. The second-order valence-corrected chi connectivity index (χ2v) is 5.81. The first kappa shape index (κ1) is 14.8. The van der Waals surface area contributed by atoms with E-state index in [0.717, 1.165) is 18.1 Å². The van der Waals surface area contributed by atoms with Crippen LogP contribution in [0.1, 0.15) is 18.5 Å². The van der Waals surface area contributed by atoms with Crippen LogP contribution < -0.4 is 5.32 Å². The van der Waals surface area contributed by atoms with Gasteiger partial charge in [-0.2, -0.15) is 0 Å². The third kappa shape index (κ3) is 4.77. The molecule has 1 atom stereocenters. The van der Waals surface area contributed by atoms with Gasteiger partial charge in [0, 0.05) is 50.3 Å². The molecule has 4 heteroatoms. The highest BCUT2D eigenvalue weighted by molar-refractivity contribution is 6.30. The van der Waals surface area contributed by atoms with E-state index in [1.54, 1.807) is 0 Å². The van der Waals surface area contributed by atoms with Gasteiger partial charge in [0.2, 0.25) is 0 Å². The summed E-state index contributed by atoms with van der Waals surface area (Å²) in [5.41, 5.74) is 1.26. The van der Waals surface area contributed by atoms with Gasteiger partial charge in [0.15, 0.2) is 0 Å². The number of nitrogens with zero attached hydrogens (tertiary/aromatic N) is 2. The van der Waals surface area contributed by atoms with Crippen molar-refractivity contribution in [3.05, 3.63) is 34.9 Å². The summed E-state index contributed by atoms with van der Waals surface area (Å²) >= 11 is 6.02. The number of hydrogen-bond donors (Lipinski definition) is 1. The lowest BCUT2D eigenvalue weighted by Crippen LogP contribution is -2.46. The summed E-state index contributed by atoms with van der Waals surface area (Å²) in [5, 5.41) is 4.38. The Morgan fingerprint density at radius 1 is 1.26 bits per heavy atom. The Bertz CT molecular complexity index is 389. The maximum atomic E-state index is 6.02. The van der Waals surface area contributed by atoms with Gasteiger partial charge in [0.1, 0.15) is 0 Å². The molecule has 2 rings (SSSR count). The molecule has 0 aliphatic carbocycles. The molecule has 1 aliphatic heterocycles. The molecule has 0 saturated carbocycles. The van der Waals surface area contributed by atoms with Gasteiger partial charge in [0.05, 0.1) is 0 Å². The molecular formula is C15H24ClN3. The van der Waals surface area contributed by atoms with Crippen LogP contribution in [0.15, 0.2) is 24.3 Å². The van der Waals surface area contributed by atoms with Crippen molar-refractivity contribution in [3.8, 4) is 0 Å². The molecule has 1 heterocycles. The lowest BCUT2D eigenvalue weighted by molar-refractivity contribution is 0.154. The third-order valence-electron chi connectivity index (χ3n) is 3.82. The molecule has 0 radical (unpaired) electrons. The van der Waals surface area contributed by atoms with Crippen LogP contribution in [0.4, 0.5) is 0 Å². The Kier molecular flexibility index (Phi) is 5.64. The van der Waals surface area contributed by atoms with E-state index in [-0.39, 0.29) is 0 Å². The highest BCUT2D eigenvalue weighted by Crippen LogP contribution is 2.17. The monoisotopic (exact) mass is 281 g/mol. The Balaban J connectivity index is 1.70. The zero-order chi connectivity index (χ0) is 13.7. The van der Waals surface area contributed by atoms with Crippen LogP contribution in [0.2, 0.25) is 5.02 Å². The molecule has 1 aromatic rings. The van der Waals surface area contributed by atoms with Crippen molar-refractivity contribution in [2.75, 3.05) is 46.3 Å². The number of likely N-dealkylation sites (N-methyl/N-ethyl adjacent to an activating group) is 1. The van der Waals surface area contributed by atoms with Crippen molar-refractivity contribution in [1.82, 2.24) is 15.1 Å². The van der Waals surface area contributed by atoms with Crippen LogP contribution in [0.5, 0.6) is 0 Å². The molecule has 1 aromatic carbocycles. The van der Waals surface area contributed by atoms with E-state index in [4.69, 9.17) is 11.6 Å². The molecule has 0 spiro atoms. The van der Waals surface area contributed by atoms with Crippen LogP contribution in [0.25, 0.3) is 0 Å². The van der Waals surface area contributed by atoms with Gasteiger partial charge in [-0.1, -0.05) is 23.7 Å². The van der Waals surface area contributed by atoms with Crippen LogP contribution in [-0.2, 0) is 0 Å². The lowest BCUT2D eigenvalue weighted by atomic mass is 10.1. The fourth-order valence-corrected chi connectivity index (χ4v) is 2.60. The van der Waals surface area contributed by atoms with Crippen molar-refractivity contribution in [2.24, 2.45) is 0 Å². The fourth-order valence-electron chi connectivity index (χ4n) is 2.40. The minimum Gasteiger partial charge on any atom is -0.309 e. The van der Waals surface area contributed by atoms with Crippen molar-refractivity contribution >= 4 is 11.6 Å². The zero-order valence-corrected chi connectivity index (χ0v) is 12.7. The SMILES string of the molecule is CC(NCCN1CCN(C)CC1)c1cccc(Cl)c1. The van der Waals surface area contributed by atoms with Crippen molar-refractivity contribution in [3.63, 3.8) is 0 Å². The highest BCUT2D eigenvalue weighted by atomic mass is 35.5. The lowest BCUT2D eigenvalue weighted by Gasteiger charge is -2.32. The topological polar surface area (TPSA) is 18.5 Å². The van der Waals surface area contributed by atoms with E-state index in [0.29, 0.717) is 6.04 Å². The van der Waals surface area contributed by atoms with Gasteiger partial charge in [-0.25, -0.2) is 0 Å². The number of piperazine rings is 1. The molecule has 1 fully saturated rings. The van der Waals surface area contributed by atoms with Crippen molar-refractivity contribution < 1.29 is 0 Å². The third-order valence-corrected chi connectivity index (χ3v) is 4.06. The van der Waals surface area contributed by atoms with Crippen LogP contribution >= 0.6 is 11.6 Å². The molecule has 3 nitrogen and oxygen atoms in total. The first-order valence-corrected chi connectivity index (χ1v) is 7.42. The quantitative estimate of drug-likeness (QED) is 0.893. The summed E-state index contributed by atoms with van der Waals surface area (Å²) < 4.78 is 0. The summed E-state index contributed by atoms with van der Waals surface area (Å²) in [5.74, 6) is 0. The van der Waals surface area contributed by atoms with E-state index in [1.807, 2.05) is 18.2 Å². The summed E-state index contributed by atoms with van der Waals surface area (Å²) in [7, 11) is 2.19. The standard InChI is InChI=1S/C15H24ClN3/c1-13(14-4-3-5-15(16)12-14)17-6-7-19-10-8-18(2)9-11-19/h3-5,12-13,17H,6-11H2,1-2H3. The average Bonchev–Trinajstić information content (AvgIpc) is 2.41. The minimum absolute atomic E-state index is 0.353. The maximum Gasteiger partial charge on any atom is 0.0409 e. The summed E-state index contributed by atoms with van der Waals surface area (Å²) in [4.78, 5) is 4.91. The first-order chi connectivity index (χ1) is 9.15. The highest BCUT2D eigenvalue weighted by Gasteiger charge is 2.13. The zero-order valence-electron chi connectivity index (χ0n) is 11.9. The van der Waals surface area contributed by atoms with Crippen molar-refractivity contribution in [1.29, 1.82) is 0 Å². The van der Waals surface area contributed by atoms with Gasteiger partial charge in [-0.05, 0) is 31.7 Å². The summed E-state index contributed by atoms with van der Waals surface area (Å²) in [6, 6.07) is 8.44. The second-order valence-electron chi connectivity index (χ2n) is 5.38. The molecule has 0 aromatic heterocycles. The van der Waals surface area contributed by atoms with E-state index in [1.165, 1.54) is 31.7 Å². The van der Waals surface area contributed by atoms with E-state index in [2.05, 4.69) is 35.2 Å². The smallest absolute Gasteiger partial charge is 0.0409 e. The molecular weight excluding hydrogens is 258 g/mol. The Morgan fingerprint density at radius 3 is 2.68 bits per heavy atom. The molecule has 19 heavy (non-hydrogen) atoms. The fraction of sp³-hybridized carbons (Fsp3) is 0.600. The van der Waals surface area contributed by atoms with Gasteiger partial charge < -0.3 is 10.2 Å². The second kappa shape index (κ2) is 7.25. The molecule has 1 N–H and O–H groups in total. The largest absolute Gasteiger partial charge is 0.309 e. The predicted octanol–water partition coefficient (Wildman–Crippen LogP) is 2.24. The Morgan fingerprint density at radius 2 is 2.00 bits per heavy atom. The van der Waals surface area contributed by atoms with E-state index < -0.39 is 0 Å². The average molecular weight is 282 g/mol. The molecule has 1 aliphatic rings. The number of benzene rings is 1. The first-order valence-electron chi connectivity index (χ1n) is 7.05. The summed E-state index contributed by atoms with van der Waals surface area (Å²) in [6.07, 6.45) is 0. The number of nitrogens with one attached hydrogen (secondary N) is 1. The normalized spacial score (nSPS) is 19.5. The van der Waals surface area contributed by atoms with E-state index >= 15 is 0 Å². The Hall–Kier alpha value is -0.610. The number of hydrogen-bond acceptors (Lipinski definition) is 3. The number of halogens is 1. The van der Waals surface area contributed by atoms with Gasteiger partial charge in [0.25, 0.3) is 0 Å². The van der Waals surface area contributed by atoms with E-state index in [9.17, 15) is 0 Å². The molecule has 106 valence electrons. The maximum absolute atomic E-state index is 6.02. The Labute approximate surface area is 121 Å². The van der Waals surface area contributed by atoms with Gasteiger partial charge in [-0.3, -0.25) is 4.90 Å². The molecule has 0 amide bonds. The van der Waals surface area contributed by atoms with Crippen molar-refractivity contribution in [2.45, 2.75) is 13.0 Å². The summed E-state index contributed by atoms with van der Waals surface area (Å²) in [6.45, 7) is 9.08. The minimum atomic E-state index is 0.353. The van der Waals surface area contributed by atoms with Gasteiger partial charge in [-0.15, -0.1) is 0 Å². The van der Waals surface area contributed by atoms with Crippen LogP contribution in [0.3, 0.4) is 0 Å². The van der Waals surface area contributed by atoms with Crippen LogP contribution in [-0.4, -0.2) is 56.1 Å². The van der Waals surface area contributed by atoms with Crippen LogP contribution in [0, 0.1) is 0 Å². The predicted molar refractivity (Wildman–Crippen MR) is 81.8 cm³/mol.